The lowest BCUT2D eigenvalue weighted by Gasteiger charge is -2.48. The third kappa shape index (κ3) is 2.84. The summed E-state index contributed by atoms with van der Waals surface area (Å²) in [5.74, 6) is 2.01. The van der Waals surface area contributed by atoms with Crippen molar-refractivity contribution in [3.8, 4) is 0 Å². The van der Waals surface area contributed by atoms with Crippen LogP contribution in [-0.2, 0) is 6.42 Å². The highest BCUT2D eigenvalue weighted by molar-refractivity contribution is 9.10. The topological polar surface area (TPSA) is 32.3 Å². The monoisotopic (exact) mass is 338 g/mol. The Hall–Kier alpha value is -0.680. The predicted octanol–water partition coefficient (Wildman–Crippen LogP) is 2.86. The van der Waals surface area contributed by atoms with E-state index in [1.807, 2.05) is 0 Å². The Balaban J connectivity index is 1.83. The van der Waals surface area contributed by atoms with Gasteiger partial charge in [-0.1, -0.05) is 13.3 Å². The Kier molecular flexibility index (Phi) is 4.26. The first-order chi connectivity index (χ1) is 9.67. The van der Waals surface area contributed by atoms with Crippen LogP contribution in [0.15, 0.2) is 10.7 Å². The molecule has 1 aromatic rings. The van der Waals surface area contributed by atoms with Crippen molar-refractivity contribution in [2.24, 2.45) is 0 Å². The van der Waals surface area contributed by atoms with Crippen molar-refractivity contribution < 1.29 is 0 Å². The maximum absolute atomic E-state index is 4.73. The average molecular weight is 339 g/mol. The highest BCUT2D eigenvalue weighted by Crippen LogP contribution is 2.28. The quantitative estimate of drug-likeness (QED) is 0.776. The SMILES string of the molecule is CCc1nc(Br)cc(N2CC3CCCCN3CC2C)n1. The number of rotatable bonds is 2. The molecule has 2 atom stereocenters. The molecule has 0 spiro atoms. The van der Waals surface area contributed by atoms with Crippen LogP contribution in [0, 0.1) is 0 Å². The number of aromatic nitrogens is 2. The minimum absolute atomic E-state index is 0.524. The number of fused-ring (bicyclic) bond motifs is 1. The van der Waals surface area contributed by atoms with Gasteiger partial charge in [0.15, 0.2) is 0 Å². The number of piperidine rings is 1. The summed E-state index contributed by atoms with van der Waals surface area (Å²) in [7, 11) is 0. The standard InChI is InChI=1S/C15H23BrN4/c1-3-14-17-13(16)8-15(18-14)20-10-12-6-4-5-7-19(12)9-11(20)2/h8,11-12H,3-7,9-10H2,1-2H3. The number of hydrogen-bond donors (Lipinski definition) is 0. The molecule has 0 bridgehead atoms. The van der Waals surface area contributed by atoms with Gasteiger partial charge in [-0.15, -0.1) is 0 Å². The molecule has 0 radical (unpaired) electrons. The van der Waals surface area contributed by atoms with Gasteiger partial charge in [-0.25, -0.2) is 9.97 Å². The van der Waals surface area contributed by atoms with Crippen molar-refractivity contribution in [2.75, 3.05) is 24.5 Å². The Bertz CT molecular complexity index is 479. The predicted molar refractivity (Wildman–Crippen MR) is 85.1 cm³/mol. The third-order valence-electron chi connectivity index (χ3n) is 4.53. The highest BCUT2D eigenvalue weighted by atomic mass is 79.9. The molecule has 2 aliphatic heterocycles. The van der Waals surface area contributed by atoms with Crippen LogP contribution in [0.25, 0.3) is 0 Å². The zero-order chi connectivity index (χ0) is 14.1. The number of halogens is 1. The Morgan fingerprint density at radius 1 is 1.30 bits per heavy atom. The number of piperazine rings is 1. The molecule has 2 fully saturated rings. The number of hydrogen-bond acceptors (Lipinski definition) is 4. The van der Waals surface area contributed by atoms with Crippen molar-refractivity contribution >= 4 is 21.7 Å². The second-order valence-electron chi connectivity index (χ2n) is 5.96. The van der Waals surface area contributed by atoms with E-state index in [4.69, 9.17) is 4.98 Å². The van der Waals surface area contributed by atoms with Gasteiger partial charge in [-0.3, -0.25) is 4.90 Å². The van der Waals surface area contributed by atoms with Crippen molar-refractivity contribution in [2.45, 2.75) is 51.6 Å². The zero-order valence-corrected chi connectivity index (χ0v) is 13.9. The molecule has 3 rings (SSSR count). The summed E-state index contributed by atoms with van der Waals surface area (Å²) in [4.78, 5) is 14.3. The molecule has 0 saturated carbocycles. The molecule has 1 aromatic heterocycles. The van der Waals surface area contributed by atoms with Gasteiger partial charge in [0.05, 0.1) is 0 Å². The lowest BCUT2D eigenvalue weighted by Crippen LogP contribution is -2.59. The van der Waals surface area contributed by atoms with E-state index in [2.05, 4.69) is 50.6 Å². The first-order valence-corrected chi connectivity index (χ1v) is 8.51. The van der Waals surface area contributed by atoms with Gasteiger partial charge in [-0.05, 0) is 42.2 Å². The number of nitrogens with zero attached hydrogens (tertiary/aromatic N) is 4. The van der Waals surface area contributed by atoms with Crippen LogP contribution in [0.1, 0.15) is 38.9 Å². The van der Waals surface area contributed by atoms with Gasteiger partial charge in [0.25, 0.3) is 0 Å². The number of anilines is 1. The minimum Gasteiger partial charge on any atom is -0.351 e. The second kappa shape index (κ2) is 5.98. The van der Waals surface area contributed by atoms with E-state index in [1.165, 1.54) is 25.8 Å². The summed E-state index contributed by atoms with van der Waals surface area (Å²) in [5, 5.41) is 0. The molecule has 2 aliphatic rings. The van der Waals surface area contributed by atoms with Crippen LogP contribution >= 0.6 is 15.9 Å². The van der Waals surface area contributed by atoms with Crippen LogP contribution in [0.3, 0.4) is 0 Å². The molecule has 2 saturated heterocycles. The van der Waals surface area contributed by atoms with Gasteiger partial charge in [0.2, 0.25) is 0 Å². The van der Waals surface area contributed by atoms with Gasteiger partial charge in [-0.2, -0.15) is 0 Å². The molecule has 2 unspecified atom stereocenters. The summed E-state index contributed by atoms with van der Waals surface area (Å²) in [6.07, 6.45) is 4.94. The van der Waals surface area contributed by atoms with Gasteiger partial charge >= 0.3 is 0 Å². The third-order valence-corrected chi connectivity index (χ3v) is 4.93. The van der Waals surface area contributed by atoms with Crippen molar-refractivity contribution in [3.63, 3.8) is 0 Å². The normalized spacial score (nSPS) is 27.4. The van der Waals surface area contributed by atoms with E-state index in [9.17, 15) is 0 Å². The van der Waals surface area contributed by atoms with Gasteiger partial charge in [0, 0.05) is 37.7 Å². The van der Waals surface area contributed by atoms with Crippen LogP contribution in [0.5, 0.6) is 0 Å². The lowest BCUT2D eigenvalue weighted by atomic mass is 9.97. The minimum atomic E-state index is 0.524. The maximum atomic E-state index is 4.73. The molecule has 0 aromatic carbocycles. The summed E-state index contributed by atoms with van der Waals surface area (Å²) < 4.78 is 0.901. The van der Waals surface area contributed by atoms with E-state index in [1.54, 1.807) is 0 Å². The molecule has 3 heterocycles. The molecule has 20 heavy (non-hydrogen) atoms. The van der Waals surface area contributed by atoms with Crippen LogP contribution in [0.2, 0.25) is 0 Å². The van der Waals surface area contributed by atoms with Crippen molar-refractivity contribution in [1.29, 1.82) is 0 Å². The van der Waals surface area contributed by atoms with E-state index in [0.29, 0.717) is 12.1 Å². The molecule has 110 valence electrons. The molecule has 0 N–H and O–H groups in total. The first kappa shape index (κ1) is 14.3. The van der Waals surface area contributed by atoms with Gasteiger partial charge in [0.1, 0.15) is 16.2 Å². The molecule has 5 heteroatoms. The van der Waals surface area contributed by atoms with E-state index in [-0.39, 0.29) is 0 Å². The summed E-state index contributed by atoms with van der Waals surface area (Å²) in [5.41, 5.74) is 0. The van der Waals surface area contributed by atoms with Crippen molar-refractivity contribution in [3.05, 3.63) is 16.5 Å². The average Bonchev–Trinajstić information content (AvgIpc) is 2.45. The fourth-order valence-electron chi connectivity index (χ4n) is 3.43. The molecule has 0 aliphatic carbocycles. The van der Waals surface area contributed by atoms with Crippen LogP contribution in [0.4, 0.5) is 5.82 Å². The summed E-state index contributed by atoms with van der Waals surface area (Å²) in [6.45, 7) is 7.96. The molecular weight excluding hydrogens is 316 g/mol. The summed E-state index contributed by atoms with van der Waals surface area (Å²) >= 11 is 3.52. The first-order valence-electron chi connectivity index (χ1n) is 7.71. The second-order valence-corrected chi connectivity index (χ2v) is 6.78. The van der Waals surface area contributed by atoms with E-state index >= 15 is 0 Å². The Labute approximate surface area is 129 Å². The number of aryl methyl sites for hydroxylation is 1. The highest BCUT2D eigenvalue weighted by Gasteiger charge is 2.33. The van der Waals surface area contributed by atoms with E-state index < -0.39 is 0 Å². The Morgan fingerprint density at radius 2 is 2.15 bits per heavy atom. The largest absolute Gasteiger partial charge is 0.351 e. The summed E-state index contributed by atoms with van der Waals surface area (Å²) in [6, 6.07) is 3.29. The molecule has 4 nitrogen and oxygen atoms in total. The Morgan fingerprint density at radius 3 is 2.95 bits per heavy atom. The molecular formula is C15H23BrN4. The fourth-order valence-corrected chi connectivity index (χ4v) is 3.84. The van der Waals surface area contributed by atoms with Crippen LogP contribution < -0.4 is 4.90 Å². The smallest absolute Gasteiger partial charge is 0.133 e. The van der Waals surface area contributed by atoms with Crippen LogP contribution in [-0.4, -0.2) is 46.6 Å². The van der Waals surface area contributed by atoms with E-state index in [0.717, 1.165) is 35.8 Å². The lowest BCUT2D eigenvalue weighted by molar-refractivity contribution is 0.115. The maximum Gasteiger partial charge on any atom is 0.133 e. The van der Waals surface area contributed by atoms with Gasteiger partial charge < -0.3 is 4.90 Å². The van der Waals surface area contributed by atoms with Crippen molar-refractivity contribution in [1.82, 2.24) is 14.9 Å². The fraction of sp³-hybridized carbons (Fsp3) is 0.733. The zero-order valence-electron chi connectivity index (χ0n) is 12.3. The molecule has 0 amide bonds.